The molecule has 5 unspecified atom stereocenters. The van der Waals surface area contributed by atoms with Crippen molar-refractivity contribution >= 4 is 11.8 Å². The normalized spacial score (nSPS) is 29.4. The molecule has 1 saturated heterocycles. The Kier molecular flexibility index (Phi) is 7.26. The van der Waals surface area contributed by atoms with Gasteiger partial charge < -0.3 is 34.4 Å². The van der Waals surface area contributed by atoms with Crippen LogP contribution in [0.5, 0.6) is 5.75 Å². The third-order valence-corrected chi connectivity index (χ3v) is 6.89. The molecule has 2 aliphatic rings. The molecule has 1 heterocycles. The van der Waals surface area contributed by atoms with Gasteiger partial charge in [0.05, 0.1) is 39.3 Å². The number of hydrogen-bond acceptors (Lipinski definition) is 7. The highest BCUT2D eigenvalue weighted by Gasteiger charge is 2.54. The lowest BCUT2D eigenvalue weighted by atomic mass is 9.72. The van der Waals surface area contributed by atoms with Crippen LogP contribution in [0.1, 0.15) is 43.6 Å². The van der Waals surface area contributed by atoms with Gasteiger partial charge in [0, 0.05) is 0 Å². The van der Waals surface area contributed by atoms with E-state index in [1.165, 1.54) is 0 Å². The second-order valence-electron chi connectivity index (χ2n) is 9.53. The summed E-state index contributed by atoms with van der Waals surface area (Å²) in [5.74, 6) is -2.24. The van der Waals surface area contributed by atoms with Crippen molar-refractivity contribution in [3.63, 3.8) is 0 Å². The maximum atomic E-state index is 12.1. The summed E-state index contributed by atoms with van der Waals surface area (Å²) in [5, 5.41) is 41.8. The predicted octanol–water partition coefficient (Wildman–Crippen LogP) is 0.651. The number of rotatable bonds is 7. The lowest BCUT2D eigenvalue weighted by molar-refractivity contribution is -0.944. The molecule has 9 nitrogen and oxygen atoms in total. The summed E-state index contributed by atoms with van der Waals surface area (Å²) in [6, 6.07) is 7.44. The standard InChI is InChI=1S/C23H33NO8/c1-24(2,21-19(27)17(25)18(26)20(32-21)22(28)29)13-16(23(30)11-5-4-6-12-23)14-7-9-15(31-3)10-8-14/h7-10,16-17,19-21,25,27,30H,4-6,11-13H2,1-3H3/p+1. The first-order valence-corrected chi connectivity index (χ1v) is 11.0. The molecule has 1 aromatic rings. The molecular weight excluding hydrogens is 418 g/mol. The zero-order valence-corrected chi connectivity index (χ0v) is 18.8. The molecule has 1 saturated carbocycles. The summed E-state index contributed by atoms with van der Waals surface area (Å²) in [6.45, 7) is 0.289. The maximum Gasteiger partial charge on any atom is 0.341 e. The number of carbonyl (C=O) groups excluding carboxylic acids is 1. The number of carboxylic acids is 1. The van der Waals surface area contributed by atoms with E-state index in [0.717, 1.165) is 24.8 Å². The molecule has 1 aromatic carbocycles. The van der Waals surface area contributed by atoms with Crippen LogP contribution in [-0.4, -0.2) is 94.6 Å². The summed E-state index contributed by atoms with van der Waals surface area (Å²) in [7, 11) is 5.05. The summed E-state index contributed by atoms with van der Waals surface area (Å²) in [4.78, 5) is 23.6. The van der Waals surface area contributed by atoms with Gasteiger partial charge in [-0.2, -0.15) is 0 Å². The van der Waals surface area contributed by atoms with Crippen molar-refractivity contribution in [2.24, 2.45) is 0 Å². The van der Waals surface area contributed by atoms with Gasteiger partial charge in [-0.1, -0.05) is 31.4 Å². The lowest BCUT2D eigenvalue weighted by Crippen LogP contribution is -2.68. The van der Waals surface area contributed by atoms with Gasteiger partial charge in [-0.3, -0.25) is 4.79 Å². The van der Waals surface area contributed by atoms with E-state index < -0.39 is 41.9 Å². The predicted molar refractivity (Wildman–Crippen MR) is 114 cm³/mol. The number of nitrogens with zero attached hydrogens (tertiary/aromatic N) is 1. The Hall–Kier alpha value is -2.04. The summed E-state index contributed by atoms with van der Waals surface area (Å²) < 4.78 is 10.7. The van der Waals surface area contributed by atoms with Gasteiger partial charge in [0.2, 0.25) is 18.1 Å². The van der Waals surface area contributed by atoms with Crippen LogP contribution in [0.4, 0.5) is 0 Å². The number of quaternary nitrogens is 1. The van der Waals surface area contributed by atoms with Gasteiger partial charge in [0.1, 0.15) is 11.9 Å². The number of aliphatic hydroxyl groups is 3. The summed E-state index contributed by atoms with van der Waals surface area (Å²) in [6.07, 6.45) is -2.39. The molecule has 0 bridgehead atoms. The third kappa shape index (κ3) is 4.82. The van der Waals surface area contributed by atoms with E-state index in [4.69, 9.17) is 9.47 Å². The number of ether oxygens (including phenoxy) is 2. The number of benzene rings is 1. The van der Waals surface area contributed by atoms with Crippen molar-refractivity contribution in [3.8, 4) is 5.75 Å². The largest absolute Gasteiger partial charge is 0.497 e. The van der Waals surface area contributed by atoms with Crippen molar-refractivity contribution in [1.82, 2.24) is 0 Å². The van der Waals surface area contributed by atoms with Crippen LogP contribution in [-0.2, 0) is 14.3 Å². The van der Waals surface area contributed by atoms with Gasteiger partial charge in [-0.15, -0.1) is 0 Å². The fraction of sp³-hybridized carbons (Fsp3) is 0.652. The Morgan fingerprint density at radius 1 is 1.19 bits per heavy atom. The van der Waals surface area contributed by atoms with Crippen LogP contribution in [0.15, 0.2) is 24.3 Å². The number of aliphatic hydroxyl groups excluding tert-OH is 2. The van der Waals surface area contributed by atoms with E-state index in [1.54, 1.807) is 21.2 Å². The summed E-state index contributed by atoms with van der Waals surface area (Å²) >= 11 is 0. The molecular formula is C23H34NO8+. The molecule has 178 valence electrons. The molecule has 1 aliphatic carbocycles. The minimum Gasteiger partial charge on any atom is -0.497 e. The average molecular weight is 453 g/mol. The van der Waals surface area contributed by atoms with Crippen LogP contribution in [0, 0.1) is 0 Å². The van der Waals surface area contributed by atoms with Gasteiger partial charge in [0.15, 0.2) is 6.10 Å². The number of methoxy groups -OCH3 is 1. The van der Waals surface area contributed by atoms with Gasteiger partial charge >= 0.3 is 5.97 Å². The van der Waals surface area contributed by atoms with Crippen LogP contribution in [0.25, 0.3) is 0 Å². The minimum atomic E-state index is -1.86. The zero-order chi connectivity index (χ0) is 23.7. The average Bonchev–Trinajstić information content (AvgIpc) is 2.76. The third-order valence-electron chi connectivity index (χ3n) is 6.89. The summed E-state index contributed by atoms with van der Waals surface area (Å²) in [5.41, 5.74) is -0.0964. The van der Waals surface area contributed by atoms with Crippen LogP contribution in [0.2, 0.25) is 0 Å². The number of ketones is 1. The Bertz CT molecular complexity index is 818. The monoisotopic (exact) mass is 452 g/mol. The highest BCUT2D eigenvalue weighted by molar-refractivity contribution is 6.04. The first kappa shape index (κ1) is 24.6. The van der Waals surface area contributed by atoms with Crippen LogP contribution >= 0.6 is 0 Å². The molecule has 0 aromatic heterocycles. The Morgan fingerprint density at radius 3 is 2.31 bits per heavy atom. The highest BCUT2D eigenvalue weighted by atomic mass is 16.6. The Balaban J connectivity index is 1.94. The van der Waals surface area contributed by atoms with E-state index in [9.17, 15) is 30.0 Å². The highest BCUT2D eigenvalue weighted by Crippen LogP contribution is 2.42. The molecule has 0 radical (unpaired) electrons. The molecule has 0 spiro atoms. The van der Waals surface area contributed by atoms with Crippen LogP contribution in [0.3, 0.4) is 0 Å². The molecule has 4 N–H and O–H groups in total. The lowest BCUT2D eigenvalue weighted by Gasteiger charge is -2.48. The number of aliphatic carboxylic acids is 1. The van der Waals surface area contributed by atoms with Crippen LogP contribution < -0.4 is 4.74 Å². The Labute approximate surface area is 187 Å². The zero-order valence-electron chi connectivity index (χ0n) is 18.8. The van der Waals surface area contributed by atoms with Gasteiger partial charge in [-0.25, -0.2) is 4.79 Å². The number of likely N-dealkylation sites (N-methyl/N-ethyl adjacent to an activating group) is 1. The van der Waals surface area contributed by atoms with Gasteiger partial charge in [-0.05, 0) is 30.5 Å². The number of carbonyl (C=O) groups is 2. The molecule has 32 heavy (non-hydrogen) atoms. The van der Waals surface area contributed by atoms with Crippen molar-refractivity contribution in [3.05, 3.63) is 29.8 Å². The van der Waals surface area contributed by atoms with E-state index in [0.29, 0.717) is 18.6 Å². The fourth-order valence-corrected chi connectivity index (χ4v) is 5.03. The van der Waals surface area contributed by atoms with E-state index in [1.807, 2.05) is 24.3 Å². The fourth-order valence-electron chi connectivity index (χ4n) is 5.03. The quantitative estimate of drug-likeness (QED) is 0.350. The van der Waals surface area contributed by atoms with Crippen molar-refractivity contribution in [2.75, 3.05) is 27.7 Å². The number of hydrogen-bond donors (Lipinski definition) is 4. The first-order valence-electron chi connectivity index (χ1n) is 11.0. The topological polar surface area (TPSA) is 134 Å². The molecule has 5 atom stereocenters. The van der Waals surface area contributed by atoms with Crippen molar-refractivity contribution in [2.45, 2.75) is 68.2 Å². The second kappa shape index (κ2) is 9.44. The minimum absolute atomic E-state index is 0.0612. The second-order valence-corrected chi connectivity index (χ2v) is 9.53. The first-order chi connectivity index (χ1) is 15.0. The molecule has 2 fully saturated rings. The SMILES string of the molecule is COc1ccc(C(C[N+](C)(C)C2OC(C(=O)O)C(=O)C(O)C2O)C2(O)CCCCC2)cc1. The molecule has 1 aliphatic heterocycles. The Morgan fingerprint density at radius 2 is 1.78 bits per heavy atom. The molecule has 3 rings (SSSR count). The van der Waals surface area contributed by atoms with Gasteiger partial charge in [0.25, 0.3) is 0 Å². The molecule has 0 amide bonds. The van der Waals surface area contributed by atoms with Crippen molar-refractivity contribution in [1.29, 1.82) is 0 Å². The van der Waals surface area contributed by atoms with E-state index in [-0.39, 0.29) is 16.9 Å². The van der Waals surface area contributed by atoms with E-state index >= 15 is 0 Å². The molecule has 9 heteroatoms. The number of Topliss-reactive ketones (excluding diaryl/α,β-unsaturated/α-hetero) is 1. The smallest absolute Gasteiger partial charge is 0.341 e. The van der Waals surface area contributed by atoms with Crippen molar-refractivity contribution < 1.29 is 44.0 Å². The number of carboxylic acid groups (broad SMARTS) is 1. The maximum absolute atomic E-state index is 12.1. The van der Waals surface area contributed by atoms with E-state index in [2.05, 4.69) is 0 Å².